The molecular formula is C13H14BrNO3S. The van der Waals surface area contributed by atoms with E-state index in [1.54, 1.807) is 12.1 Å². The smallest absolute Gasteiger partial charge is 0.228 e. The molecule has 0 aliphatic carbocycles. The topological polar surface area (TPSA) is 62.5 Å². The van der Waals surface area contributed by atoms with Crippen molar-refractivity contribution in [3.63, 3.8) is 0 Å². The first kappa shape index (κ1) is 14.3. The molecule has 0 saturated heterocycles. The van der Waals surface area contributed by atoms with Gasteiger partial charge in [-0.2, -0.15) is 0 Å². The Morgan fingerprint density at radius 2 is 2.32 bits per heavy atom. The number of aliphatic hydroxyl groups is 1. The minimum atomic E-state index is -0.818. The van der Waals surface area contributed by atoms with Crippen LogP contribution in [0.2, 0.25) is 0 Å². The molecule has 2 aromatic rings. The Morgan fingerprint density at radius 1 is 1.53 bits per heavy atom. The van der Waals surface area contributed by atoms with Crippen LogP contribution in [0.5, 0.6) is 0 Å². The highest BCUT2D eigenvalue weighted by atomic mass is 79.9. The van der Waals surface area contributed by atoms with E-state index in [-0.39, 0.29) is 18.4 Å². The van der Waals surface area contributed by atoms with Crippen molar-refractivity contribution in [2.45, 2.75) is 18.9 Å². The van der Waals surface area contributed by atoms with Gasteiger partial charge in [-0.1, -0.05) is 0 Å². The van der Waals surface area contributed by atoms with Crippen LogP contribution in [0.4, 0.5) is 0 Å². The number of furan rings is 1. The minimum Gasteiger partial charge on any atom is -0.467 e. The SMILES string of the molecule is C[C@@H](C(=O)NC[C@H](O)c1ccco1)c1ccc(Br)s1. The first-order chi connectivity index (χ1) is 9.08. The highest BCUT2D eigenvalue weighted by molar-refractivity contribution is 9.11. The predicted octanol–water partition coefficient (Wildman–Crippen LogP) is 3.06. The fourth-order valence-electron chi connectivity index (χ4n) is 1.62. The van der Waals surface area contributed by atoms with Crippen LogP contribution in [0.15, 0.2) is 38.7 Å². The van der Waals surface area contributed by atoms with Gasteiger partial charge in [0.2, 0.25) is 5.91 Å². The summed E-state index contributed by atoms with van der Waals surface area (Å²) in [6, 6.07) is 7.21. The van der Waals surface area contributed by atoms with E-state index in [0.29, 0.717) is 5.76 Å². The summed E-state index contributed by atoms with van der Waals surface area (Å²) in [6.45, 7) is 1.98. The number of rotatable bonds is 5. The molecule has 0 aromatic carbocycles. The molecule has 0 radical (unpaired) electrons. The third kappa shape index (κ3) is 3.68. The average Bonchev–Trinajstić information content (AvgIpc) is 3.05. The molecule has 0 unspecified atom stereocenters. The fourth-order valence-corrected chi connectivity index (χ4v) is 3.10. The van der Waals surface area contributed by atoms with Crippen LogP contribution >= 0.6 is 27.3 Å². The molecule has 2 rings (SSSR count). The molecule has 1 amide bonds. The largest absolute Gasteiger partial charge is 0.467 e. The van der Waals surface area contributed by atoms with Crippen LogP contribution in [-0.2, 0) is 4.79 Å². The van der Waals surface area contributed by atoms with E-state index < -0.39 is 6.10 Å². The molecule has 102 valence electrons. The molecule has 19 heavy (non-hydrogen) atoms. The lowest BCUT2D eigenvalue weighted by Crippen LogP contribution is -2.31. The number of halogens is 1. The van der Waals surface area contributed by atoms with Crippen molar-refractivity contribution in [1.82, 2.24) is 5.32 Å². The Hall–Kier alpha value is -1.11. The molecular weight excluding hydrogens is 330 g/mol. The van der Waals surface area contributed by atoms with Gasteiger partial charge in [-0.25, -0.2) is 0 Å². The van der Waals surface area contributed by atoms with E-state index in [2.05, 4.69) is 21.2 Å². The summed E-state index contributed by atoms with van der Waals surface area (Å²) in [7, 11) is 0. The number of nitrogens with one attached hydrogen (secondary N) is 1. The second-order valence-electron chi connectivity index (χ2n) is 4.14. The molecule has 0 saturated carbocycles. The molecule has 2 heterocycles. The lowest BCUT2D eigenvalue weighted by atomic mass is 10.1. The Labute approximate surface area is 123 Å². The highest BCUT2D eigenvalue weighted by Crippen LogP contribution is 2.28. The zero-order valence-corrected chi connectivity index (χ0v) is 12.7. The van der Waals surface area contributed by atoms with Crippen molar-refractivity contribution in [1.29, 1.82) is 0 Å². The summed E-state index contributed by atoms with van der Waals surface area (Å²) in [5.74, 6) is 0.104. The maximum absolute atomic E-state index is 12.0. The van der Waals surface area contributed by atoms with Gasteiger partial charge in [-0.15, -0.1) is 11.3 Å². The molecule has 0 bridgehead atoms. The maximum atomic E-state index is 12.0. The first-order valence-electron chi connectivity index (χ1n) is 5.82. The maximum Gasteiger partial charge on any atom is 0.228 e. The van der Waals surface area contributed by atoms with Crippen molar-refractivity contribution >= 4 is 33.2 Å². The molecule has 2 atom stereocenters. The summed E-state index contributed by atoms with van der Waals surface area (Å²) in [4.78, 5) is 12.9. The zero-order chi connectivity index (χ0) is 13.8. The van der Waals surface area contributed by atoms with E-state index in [4.69, 9.17) is 4.42 Å². The van der Waals surface area contributed by atoms with Crippen molar-refractivity contribution in [3.05, 3.63) is 45.0 Å². The van der Waals surface area contributed by atoms with Crippen LogP contribution in [0.3, 0.4) is 0 Å². The van der Waals surface area contributed by atoms with Crippen molar-refractivity contribution in [3.8, 4) is 0 Å². The van der Waals surface area contributed by atoms with Gasteiger partial charge in [0.15, 0.2) is 0 Å². The number of thiophene rings is 1. The van der Waals surface area contributed by atoms with Gasteiger partial charge in [-0.05, 0) is 47.1 Å². The molecule has 6 heteroatoms. The van der Waals surface area contributed by atoms with E-state index in [9.17, 15) is 9.90 Å². The van der Waals surface area contributed by atoms with Crippen LogP contribution in [0, 0.1) is 0 Å². The standard InChI is InChI=1S/C13H14BrNO3S/c1-8(11-4-5-12(14)19-11)13(17)15-7-9(16)10-3-2-6-18-10/h2-6,8-9,16H,7H2,1H3,(H,15,17)/t8-,9+/m1/s1. The molecule has 0 spiro atoms. The zero-order valence-electron chi connectivity index (χ0n) is 10.3. The molecule has 4 nitrogen and oxygen atoms in total. The minimum absolute atomic E-state index is 0.111. The van der Waals surface area contributed by atoms with Gasteiger partial charge in [0, 0.05) is 4.88 Å². The lowest BCUT2D eigenvalue weighted by Gasteiger charge is -2.13. The monoisotopic (exact) mass is 343 g/mol. The van der Waals surface area contributed by atoms with Gasteiger partial charge in [0.25, 0.3) is 0 Å². The molecule has 2 N–H and O–H groups in total. The van der Waals surface area contributed by atoms with Crippen molar-refractivity contribution in [2.75, 3.05) is 6.54 Å². The Bertz CT molecular complexity index is 538. The number of carbonyl (C=O) groups is 1. The second-order valence-corrected chi connectivity index (χ2v) is 6.63. The van der Waals surface area contributed by atoms with Crippen LogP contribution in [0.25, 0.3) is 0 Å². The van der Waals surface area contributed by atoms with Gasteiger partial charge in [0.1, 0.15) is 11.9 Å². The molecule has 0 fully saturated rings. The normalized spacial score (nSPS) is 14.1. The Kier molecular flexibility index (Phi) is 4.79. The third-order valence-electron chi connectivity index (χ3n) is 2.76. The van der Waals surface area contributed by atoms with Gasteiger partial charge < -0.3 is 14.8 Å². The average molecular weight is 344 g/mol. The lowest BCUT2D eigenvalue weighted by molar-refractivity contribution is -0.122. The van der Waals surface area contributed by atoms with Gasteiger partial charge >= 0.3 is 0 Å². The molecule has 0 aliphatic rings. The number of carbonyl (C=O) groups excluding carboxylic acids is 1. The summed E-state index contributed by atoms with van der Waals surface area (Å²) in [6.07, 6.45) is 0.674. The number of hydrogen-bond acceptors (Lipinski definition) is 4. The summed E-state index contributed by atoms with van der Waals surface area (Å²) >= 11 is 4.90. The van der Waals surface area contributed by atoms with Crippen LogP contribution in [-0.4, -0.2) is 17.6 Å². The number of amides is 1. The number of aliphatic hydroxyl groups excluding tert-OH is 1. The van der Waals surface area contributed by atoms with Crippen LogP contribution < -0.4 is 5.32 Å². The second kappa shape index (κ2) is 6.36. The summed E-state index contributed by atoms with van der Waals surface area (Å²) < 4.78 is 6.07. The van der Waals surface area contributed by atoms with Crippen molar-refractivity contribution < 1.29 is 14.3 Å². The number of hydrogen-bond donors (Lipinski definition) is 2. The predicted molar refractivity (Wildman–Crippen MR) is 77.1 cm³/mol. The van der Waals surface area contributed by atoms with E-state index >= 15 is 0 Å². The Morgan fingerprint density at radius 3 is 2.89 bits per heavy atom. The fraction of sp³-hybridized carbons (Fsp3) is 0.308. The quantitative estimate of drug-likeness (QED) is 0.876. The van der Waals surface area contributed by atoms with E-state index in [1.165, 1.54) is 17.6 Å². The van der Waals surface area contributed by atoms with Crippen molar-refractivity contribution in [2.24, 2.45) is 0 Å². The highest BCUT2D eigenvalue weighted by Gasteiger charge is 2.18. The van der Waals surface area contributed by atoms with E-state index in [1.807, 2.05) is 19.1 Å². The first-order valence-corrected chi connectivity index (χ1v) is 7.43. The summed E-state index contributed by atoms with van der Waals surface area (Å²) in [5.41, 5.74) is 0. The van der Waals surface area contributed by atoms with Gasteiger partial charge in [-0.3, -0.25) is 4.79 Å². The molecule has 2 aromatic heterocycles. The third-order valence-corrected chi connectivity index (χ3v) is 4.56. The summed E-state index contributed by atoms with van der Waals surface area (Å²) in [5, 5.41) is 12.5. The molecule has 0 aliphatic heterocycles. The Balaban J connectivity index is 1.87. The van der Waals surface area contributed by atoms with E-state index in [0.717, 1.165) is 8.66 Å². The van der Waals surface area contributed by atoms with Gasteiger partial charge in [0.05, 0.1) is 22.5 Å². The van der Waals surface area contributed by atoms with Crippen LogP contribution in [0.1, 0.15) is 29.6 Å².